The number of hydrogen-bond donors (Lipinski definition) is 2. The lowest BCUT2D eigenvalue weighted by Crippen LogP contribution is -2.65. The Labute approximate surface area is 165 Å². The summed E-state index contributed by atoms with van der Waals surface area (Å²) in [6, 6.07) is 0. The highest BCUT2D eigenvalue weighted by atomic mass is 32.2. The fourth-order valence-electron chi connectivity index (χ4n) is 1.90. The Morgan fingerprint density at radius 2 is 1.47 bits per heavy atom. The first-order valence-electron chi connectivity index (χ1n) is 7.75. The van der Waals surface area contributed by atoms with Gasteiger partial charge in [-0.1, -0.05) is 20.4 Å². The number of carbonyl (C=O) groups excluding carboxylic acids is 1. The van der Waals surface area contributed by atoms with E-state index in [1.807, 2.05) is 0 Å². The van der Waals surface area contributed by atoms with Crippen molar-refractivity contribution in [3.63, 3.8) is 0 Å². The zero-order valence-electron chi connectivity index (χ0n) is 15.4. The van der Waals surface area contributed by atoms with Crippen molar-refractivity contribution in [1.82, 2.24) is 0 Å². The van der Waals surface area contributed by atoms with Gasteiger partial charge in [0.1, 0.15) is 12.7 Å². The van der Waals surface area contributed by atoms with E-state index in [1.165, 1.54) is 13.8 Å². The van der Waals surface area contributed by atoms with Crippen molar-refractivity contribution >= 4 is 16.1 Å². The lowest BCUT2D eigenvalue weighted by molar-refractivity contribution is -0.392. The van der Waals surface area contributed by atoms with Gasteiger partial charge in [-0.05, 0) is 12.3 Å². The van der Waals surface area contributed by atoms with Crippen LogP contribution < -0.4 is 0 Å². The van der Waals surface area contributed by atoms with Crippen molar-refractivity contribution < 1.29 is 67.5 Å². The first-order chi connectivity index (χ1) is 13.1. The summed E-state index contributed by atoms with van der Waals surface area (Å²) in [5, 5.41) is 4.60. The average Bonchev–Trinajstić information content (AvgIpc) is 2.49. The van der Waals surface area contributed by atoms with Crippen molar-refractivity contribution in [2.45, 2.75) is 49.6 Å². The van der Waals surface area contributed by atoms with Gasteiger partial charge in [0.2, 0.25) is 0 Å². The number of aliphatic hydroxyl groups is 1. The number of carbonyl (C=O) groups is 1. The van der Waals surface area contributed by atoms with Crippen LogP contribution in [-0.2, 0) is 24.4 Å². The Morgan fingerprint density at radius 1 is 1.03 bits per heavy atom. The fourth-order valence-corrected chi connectivity index (χ4v) is 2.13. The van der Waals surface area contributed by atoms with Crippen LogP contribution in [0, 0.1) is 5.92 Å². The van der Waals surface area contributed by atoms with Crippen molar-refractivity contribution in [3.05, 3.63) is 12.2 Å². The van der Waals surface area contributed by atoms with Crippen molar-refractivity contribution in [1.29, 1.82) is 0 Å². The molecule has 0 spiro atoms. The molecule has 0 aliphatic rings. The molecule has 0 aromatic rings. The van der Waals surface area contributed by atoms with Crippen LogP contribution in [0.3, 0.4) is 0 Å². The fraction of sp³-hybridized carbons (Fsp3) is 0.786. The van der Waals surface area contributed by atoms with Crippen LogP contribution in [0.15, 0.2) is 12.2 Å². The van der Waals surface area contributed by atoms with E-state index in [4.69, 9.17) is 4.55 Å². The molecule has 2 N–H and O–H groups in total. The van der Waals surface area contributed by atoms with Gasteiger partial charge in [-0.25, -0.2) is 4.79 Å². The summed E-state index contributed by atoms with van der Waals surface area (Å²) >= 11 is 0. The van der Waals surface area contributed by atoms with E-state index in [0.29, 0.717) is 0 Å². The lowest BCUT2D eigenvalue weighted by atomic mass is 9.88. The van der Waals surface area contributed by atoms with Gasteiger partial charge in [0.15, 0.2) is 0 Å². The highest BCUT2D eigenvalue weighted by molar-refractivity contribution is 7.86. The summed E-state index contributed by atoms with van der Waals surface area (Å²) < 4.78 is 141. The molecule has 0 aliphatic carbocycles. The number of ether oxygens (including phenoxy) is 2. The molecule has 0 aromatic carbocycles. The standard InChI is InChI=1S/C14H18F8O7S/c1-7(2)4-9(12(24,13(17,18)19)14(20,21)22)29-10(23)8(3)5-28-6-11(15,16)30(25,26)27/h7,9,24H,3-6H2,1-2H3,(H,25,26,27). The van der Waals surface area contributed by atoms with Crippen molar-refractivity contribution in [3.8, 4) is 0 Å². The predicted molar refractivity (Wildman–Crippen MR) is 82.8 cm³/mol. The van der Waals surface area contributed by atoms with Gasteiger partial charge in [-0.3, -0.25) is 4.55 Å². The molecular formula is C14H18F8O7S. The number of alkyl halides is 8. The Kier molecular flexibility index (Phi) is 8.84. The summed E-state index contributed by atoms with van der Waals surface area (Å²) in [5.74, 6) is -2.89. The molecule has 0 fully saturated rings. The van der Waals surface area contributed by atoms with Gasteiger partial charge in [0.05, 0.1) is 12.2 Å². The zero-order valence-corrected chi connectivity index (χ0v) is 16.2. The highest BCUT2D eigenvalue weighted by Crippen LogP contribution is 2.47. The first-order valence-corrected chi connectivity index (χ1v) is 9.19. The second-order valence-corrected chi connectivity index (χ2v) is 8.04. The number of hydrogen-bond acceptors (Lipinski definition) is 6. The molecule has 0 aliphatic heterocycles. The van der Waals surface area contributed by atoms with Crippen LogP contribution in [-0.4, -0.2) is 66.6 Å². The SMILES string of the molecule is C=C(COCC(F)(F)S(=O)(=O)O)C(=O)OC(CC(C)C)C(O)(C(F)(F)F)C(F)(F)F. The first kappa shape index (κ1) is 28.5. The molecule has 0 heterocycles. The zero-order chi connectivity index (χ0) is 24.3. The van der Waals surface area contributed by atoms with E-state index in [-0.39, 0.29) is 0 Å². The molecule has 0 saturated carbocycles. The van der Waals surface area contributed by atoms with Gasteiger partial charge >= 0.3 is 33.7 Å². The Morgan fingerprint density at radius 3 is 1.80 bits per heavy atom. The van der Waals surface area contributed by atoms with Crippen LogP contribution in [0.4, 0.5) is 35.1 Å². The topological polar surface area (TPSA) is 110 Å². The summed E-state index contributed by atoms with van der Waals surface area (Å²) in [6.07, 6.45) is -16.9. The lowest BCUT2D eigenvalue weighted by Gasteiger charge is -2.38. The number of halogens is 8. The minimum Gasteiger partial charge on any atom is -0.455 e. The largest absolute Gasteiger partial charge is 0.455 e. The third-order valence-corrected chi connectivity index (χ3v) is 4.35. The third kappa shape index (κ3) is 6.75. The monoisotopic (exact) mass is 482 g/mol. The van der Waals surface area contributed by atoms with E-state index < -0.39 is 76.5 Å². The molecule has 178 valence electrons. The van der Waals surface area contributed by atoms with E-state index in [0.717, 1.165) is 0 Å². The predicted octanol–water partition coefficient (Wildman–Crippen LogP) is 2.85. The molecule has 1 atom stereocenters. The third-order valence-electron chi connectivity index (χ3n) is 3.48. The second kappa shape index (κ2) is 9.32. The van der Waals surface area contributed by atoms with E-state index in [2.05, 4.69) is 16.1 Å². The molecule has 7 nitrogen and oxygen atoms in total. The van der Waals surface area contributed by atoms with Gasteiger partial charge in [0, 0.05) is 0 Å². The molecule has 0 aromatic heterocycles. The van der Waals surface area contributed by atoms with Crippen LogP contribution in [0.25, 0.3) is 0 Å². The van der Waals surface area contributed by atoms with Gasteiger partial charge in [0.25, 0.3) is 5.60 Å². The molecule has 0 bridgehead atoms. The molecule has 0 amide bonds. The maximum atomic E-state index is 13.0. The smallest absolute Gasteiger partial charge is 0.430 e. The Hall–Kier alpha value is -1.52. The normalized spacial score (nSPS) is 15.2. The Bertz CT molecular complexity index is 714. The second-order valence-electron chi connectivity index (χ2n) is 6.49. The number of rotatable bonds is 10. The molecule has 1 unspecified atom stereocenters. The van der Waals surface area contributed by atoms with Gasteiger partial charge in [-0.2, -0.15) is 43.5 Å². The average molecular weight is 482 g/mol. The summed E-state index contributed by atoms with van der Waals surface area (Å²) in [6.45, 7) is 1.91. The number of esters is 1. The molecular weight excluding hydrogens is 464 g/mol. The van der Waals surface area contributed by atoms with Crippen LogP contribution in [0.2, 0.25) is 0 Å². The maximum Gasteiger partial charge on any atom is 0.430 e. The molecule has 0 saturated heterocycles. The van der Waals surface area contributed by atoms with Crippen LogP contribution >= 0.6 is 0 Å². The maximum absolute atomic E-state index is 13.0. The quantitative estimate of drug-likeness (QED) is 0.213. The Balaban J connectivity index is 5.50. The highest BCUT2D eigenvalue weighted by Gasteiger charge is 2.75. The summed E-state index contributed by atoms with van der Waals surface area (Å²) in [5.41, 5.74) is -6.51. The molecule has 0 radical (unpaired) electrons. The van der Waals surface area contributed by atoms with Gasteiger partial charge < -0.3 is 14.6 Å². The minimum absolute atomic E-state index is 0.933. The van der Waals surface area contributed by atoms with E-state index >= 15 is 0 Å². The summed E-state index contributed by atoms with van der Waals surface area (Å²) in [4.78, 5) is 11.8. The summed E-state index contributed by atoms with van der Waals surface area (Å²) in [7, 11) is -5.89. The molecule has 16 heteroatoms. The van der Waals surface area contributed by atoms with E-state index in [9.17, 15) is 53.4 Å². The minimum atomic E-state index is -6.31. The van der Waals surface area contributed by atoms with Crippen LogP contribution in [0.1, 0.15) is 20.3 Å². The van der Waals surface area contributed by atoms with Crippen molar-refractivity contribution in [2.24, 2.45) is 5.92 Å². The van der Waals surface area contributed by atoms with Crippen molar-refractivity contribution in [2.75, 3.05) is 13.2 Å². The van der Waals surface area contributed by atoms with Gasteiger partial charge in [-0.15, -0.1) is 0 Å². The molecule has 0 rings (SSSR count). The van der Waals surface area contributed by atoms with Crippen LogP contribution in [0.5, 0.6) is 0 Å². The van der Waals surface area contributed by atoms with E-state index in [1.54, 1.807) is 0 Å². The molecule has 30 heavy (non-hydrogen) atoms.